The SMILES string of the molecule is N#Cc1c(N)nsc1NCCC1CCCCC1. The zero-order chi connectivity index (χ0) is 12.1. The normalized spacial score (nSPS) is 16.6. The first kappa shape index (κ1) is 12.2. The number of nitriles is 1. The lowest BCUT2D eigenvalue weighted by Gasteiger charge is -2.21. The number of nitrogen functional groups attached to an aromatic ring is 1. The van der Waals surface area contributed by atoms with Crippen molar-refractivity contribution >= 4 is 22.4 Å². The monoisotopic (exact) mass is 250 g/mol. The van der Waals surface area contributed by atoms with Gasteiger partial charge in [0.1, 0.15) is 16.6 Å². The lowest BCUT2D eigenvalue weighted by atomic mass is 9.87. The van der Waals surface area contributed by atoms with E-state index in [4.69, 9.17) is 11.0 Å². The summed E-state index contributed by atoms with van der Waals surface area (Å²) >= 11 is 1.28. The molecule has 4 nitrogen and oxygen atoms in total. The molecular formula is C12H18N4S. The van der Waals surface area contributed by atoms with Crippen LogP contribution in [0.5, 0.6) is 0 Å². The van der Waals surface area contributed by atoms with Crippen molar-refractivity contribution in [3.8, 4) is 6.07 Å². The number of nitrogens with zero attached hydrogens (tertiary/aromatic N) is 2. The average Bonchev–Trinajstić information content (AvgIpc) is 2.71. The molecular weight excluding hydrogens is 232 g/mol. The van der Waals surface area contributed by atoms with Crippen LogP contribution in [0.25, 0.3) is 0 Å². The van der Waals surface area contributed by atoms with E-state index in [0.29, 0.717) is 11.4 Å². The third kappa shape index (κ3) is 3.10. The van der Waals surface area contributed by atoms with E-state index in [2.05, 4.69) is 15.8 Å². The molecule has 0 bridgehead atoms. The summed E-state index contributed by atoms with van der Waals surface area (Å²) in [5.41, 5.74) is 6.10. The van der Waals surface area contributed by atoms with Gasteiger partial charge in [-0.05, 0) is 23.9 Å². The van der Waals surface area contributed by atoms with Crippen molar-refractivity contribution in [3.63, 3.8) is 0 Å². The van der Waals surface area contributed by atoms with Gasteiger partial charge in [0, 0.05) is 6.54 Å². The second-order valence-corrected chi connectivity index (χ2v) is 5.38. The Morgan fingerprint density at radius 1 is 1.41 bits per heavy atom. The Morgan fingerprint density at radius 2 is 2.18 bits per heavy atom. The molecule has 0 saturated heterocycles. The van der Waals surface area contributed by atoms with Crippen LogP contribution in [0.4, 0.5) is 10.8 Å². The molecule has 0 amide bonds. The molecule has 1 aromatic rings. The first-order chi connectivity index (χ1) is 8.31. The zero-order valence-electron chi connectivity index (χ0n) is 9.91. The van der Waals surface area contributed by atoms with Crippen LogP contribution < -0.4 is 11.1 Å². The fourth-order valence-corrected chi connectivity index (χ4v) is 3.09. The van der Waals surface area contributed by atoms with Gasteiger partial charge in [-0.15, -0.1) is 0 Å². The van der Waals surface area contributed by atoms with Crippen LogP contribution in [-0.2, 0) is 0 Å². The Bertz CT molecular complexity index is 401. The van der Waals surface area contributed by atoms with Gasteiger partial charge in [-0.3, -0.25) is 0 Å². The second kappa shape index (κ2) is 5.87. The third-order valence-corrected chi connectivity index (χ3v) is 4.21. The minimum Gasteiger partial charge on any atom is -0.382 e. The highest BCUT2D eigenvalue weighted by Gasteiger charge is 2.14. The average molecular weight is 250 g/mol. The van der Waals surface area contributed by atoms with Gasteiger partial charge in [0.25, 0.3) is 0 Å². The van der Waals surface area contributed by atoms with Gasteiger partial charge in [0.2, 0.25) is 0 Å². The molecule has 2 rings (SSSR count). The van der Waals surface area contributed by atoms with E-state index in [1.165, 1.54) is 50.1 Å². The summed E-state index contributed by atoms with van der Waals surface area (Å²) in [6.07, 6.45) is 8.05. The van der Waals surface area contributed by atoms with Crippen molar-refractivity contribution in [1.29, 1.82) is 5.26 Å². The third-order valence-electron chi connectivity index (χ3n) is 3.39. The first-order valence-corrected chi connectivity index (χ1v) is 6.97. The van der Waals surface area contributed by atoms with Crippen molar-refractivity contribution in [2.75, 3.05) is 17.6 Å². The van der Waals surface area contributed by atoms with E-state index in [-0.39, 0.29) is 0 Å². The molecule has 0 aliphatic heterocycles. The summed E-state index contributed by atoms with van der Waals surface area (Å²) in [6.45, 7) is 0.918. The molecule has 1 aliphatic rings. The number of nitrogens with two attached hydrogens (primary N) is 1. The van der Waals surface area contributed by atoms with Crippen LogP contribution in [-0.4, -0.2) is 10.9 Å². The Kier molecular flexibility index (Phi) is 4.21. The predicted octanol–water partition coefficient (Wildman–Crippen LogP) is 2.98. The Hall–Kier alpha value is -1.28. The summed E-state index contributed by atoms with van der Waals surface area (Å²) in [4.78, 5) is 0. The van der Waals surface area contributed by atoms with Crippen LogP contribution in [0.15, 0.2) is 0 Å². The quantitative estimate of drug-likeness (QED) is 0.861. The molecule has 1 aliphatic carbocycles. The highest BCUT2D eigenvalue weighted by Crippen LogP contribution is 2.28. The Balaban J connectivity index is 1.79. The van der Waals surface area contributed by atoms with Crippen LogP contribution in [0.1, 0.15) is 44.1 Å². The molecule has 1 saturated carbocycles. The number of hydrogen-bond acceptors (Lipinski definition) is 5. The van der Waals surface area contributed by atoms with Crippen LogP contribution in [0.3, 0.4) is 0 Å². The van der Waals surface area contributed by atoms with Gasteiger partial charge in [-0.2, -0.15) is 9.64 Å². The Morgan fingerprint density at radius 3 is 2.88 bits per heavy atom. The van der Waals surface area contributed by atoms with Crippen molar-refractivity contribution in [2.24, 2.45) is 5.92 Å². The lowest BCUT2D eigenvalue weighted by Crippen LogP contribution is -2.12. The molecule has 17 heavy (non-hydrogen) atoms. The van der Waals surface area contributed by atoms with Gasteiger partial charge in [-0.25, -0.2) is 0 Å². The van der Waals surface area contributed by atoms with E-state index in [0.717, 1.165) is 17.5 Å². The van der Waals surface area contributed by atoms with Crippen LogP contribution in [0, 0.1) is 17.2 Å². The van der Waals surface area contributed by atoms with E-state index >= 15 is 0 Å². The highest BCUT2D eigenvalue weighted by atomic mass is 32.1. The summed E-state index contributed by atoms with van der Waals surface area (Å²) in [7, 11) is 0. The van der Waals surface area contributed by atoms with Crippen LogP contribution in [0.2, 0.25) is 0 Å². The van der Waals surface area contributed by atoms with Gasteiger partial charge < -0.3 is 11.1 Å². The molecule has 0 aromatic carbocycles. The van der Waals surface area contributed by atoms with E-state index in [1.807, 2.05) is 0 Å². The number of hydrogen-bond donors (Lipinski definition) is 2. The van der Waals surface area contributed by atoms with Gasteiger partial charge in [0.15, 0.2) is 5.82 Å². The summed E-state index contributed by atoms with van der Waals surface area (Å²) in [6, 6.07) is 2.09. The molecule has 0 radical (unpaired) electrons. The van der Waals surface area contributed by atoms with Crippen molar-refractivity contribution < 1.29 is 0 Å². The molecule has 0 unspecified atom stereocenters. The zero-order valence-corrected chi connectivity index (χ0v) is 10.7. The predicted molar refractivity (Wildman–Crippen MR) is 70.9 cm³/mol. The van der Waals surface area contributed by atoms with E-state index in [1.54, 1.807) is 0 Å². The van der Waals surface area contributed by atoms with Crippen LogP contribution >= 0.6 is 11.5 Å². The maximum Gasteiger partial charge on any atom is 0.157 e. The van der Waals surface area contributed by atoms with E-state index < -0.39 is 0 Å². The van der Waals surface area contributed by atoms with Gasteiger partial charge >= 0.3 is 0 Å². The topological polar surface area (TPSA) is 74.7 Å². The maximum atomic E-state index is 8.93. The lowest BCUT2D eigenvalue weighted by molar-refractivity contribution is 0.345. The smallest absolute Gasteiger partial charge is 0.157 e. The van der Waals surface area contributed by atoms with Crippen molar-refractivity contribution in [3.05, 3.63) is 5.56 Å². The molecule has 1 heterocycles. The minimum absolute atomic E-state index is 0.345. The molecule has 3 N–H and O–H groups in total. The Labute approximate surface area is 106 Å². The molecule has 5 heteroatoms. The molecule has 1 aromatic heterocycles. The fraction of sp³-hybridized carbons (Fsp3) is 0.667. The van der Waals surface area contributed by atoms with E-state index in [9.17, 15) is 0 Å². The maximum absolute atomic E-state index is 8.93. The largest absolute Gasteiger partial charge is 0.382 e. The number of anilines is 2. The minimum atomic E-state index is 0.345. The first-order valence-electron chi connectivity index (χ1n) is 6.20. The second-order valence-electron chi connectivity index (χ2n) is 4.60. The highest BCUT2D eigenvalue weighted by molar-refractivity contribution is 7.10. The van der Waals surface area contributed by atoms with Crippen molar-refractivity contribution in [2.45, 2.75) is 38.5 Å². The summed E-state index contributed by atoms with van der Waals surface area (Å²) < 4.78 is 3.99. The number of nitrogens with one attached hydrogen (secondary N) is 1. The molecule has 0 atom stereocenters. The summed E-state index contributed by atoms with van der Waals surface area (Å²) in [5, 5.41) is 13.0. The number of rotatable bonds is 4. The van der Waals surface area contributed by atoms with Gasteiger partial charge in [-0.1, -0.05) is 32.1 Å². The fourth-order valence-electron chi connectivity index (χ4n) is 2.40. The molecule has 92 valence electrons. The number of aromatic nitrogens is 1. The van der Waals surface area contributed by atoms with Crippen molar-refractivity contribution in [1.82, 2.24) is 4.37 Å². The molecule has 1 fully saturated rings. The molecule has 0 spiro atoms. The summed E-state index contributed by atoms with van der Waals surface area (Å²) in [5.74, 6) is 1.20. The standard InChI is InChI=1S/C12H18N4S/c13-8-10-11(14)16-17-12(10)15-7-6-9-4-2-1-3-5-9/h9,15H,1-7H2,(H2,14,16). The van der Waals surface area contributed by atoms with Gasteiger partial charge in [0.05, 0.1) is 0 Å².